The van der Waals surface area contributed by atoms with E-state index in [0.717, 1.165) is 0 Å². The maximum absolute atomic E-state index is 12.9. The van der Waals surface area contributed by atoms with Gasteiger partial charge in [0.15, 0.2) is 0 Å². The smallest absolute Gasteiger partial charge is 0.224 e. The Kier molecular flexibility index (Phi) is 4.27. The second kappa shape index (κ2) is 5.26. The minimum absolute atomic E-state index is 0.101. The van der Waals surface area contributed by atoms with Crippen molar-refractivity contribution in [3.63, 3.8) is 0 Å². The fourth-order valence-electron chi connectivity index (χ4n) is 1.17. The molecule has 15 heavy (non-hydrogen) atoms. The van der Waals surface area contributed by atoms with Crippen molar-refractivity contribution in [3.8, 4) is 0 Å². The second-order valence-electron chi connectivity index (χ2n) is 3.77. The van der Waals surface area contributed by atoms with Crippen LogP contribution in [0.3, 0.4) is 0 Å². The summed E-state index contributed by atoms with van der Waals surface area (Å²) in [5.41, 5.74) is 0.473. The van der Waals surface area contributed by atoms with Crippen molar-refractivity contribution in [2.24, 2.45) is 5.92 Å². The number of nitrogens with one attached hydrogen (secondary N) is 1. The molecule has 0 fully saturated rings. The number of rotatable bonds is 3. The molecule has 0 saturated heterocycles. The SMILES string of the molecule is CC(C)CC(=O)Nc1cc(F)ccc1Br. The molecule has 0 aliphatic carbocycles. The second-order valence-corrected chi connectivity index (χ2v) is 4.62. The van der Waals surface area contributed by atoms with Gasteiger partial charge in [-0.25, -0.2) is 4.39 Å². The van der Waals surface area contributed by atoms with E-state index in [4.69, 9.17) is 0 Å². The van der Waals surface area contributed by atoms with E-state index in [-0.39, 0.29) is 17.6 Å². The fraction of sp³-hybridized carbons (Fsp3) is 0.364. The van der Waals surface area contributed by atoms with Gasteiger partial charge in [0.05, 0.1) is 5.69 Å². The zero-order valence-electron chi connectivity index (χ0n) is 8.68. The van der Waals surface area contributed by atoms with Crippen molar-refractivity contribution in [1.29, 1.82) is 0 Å². The first-order valence-corrected chi connectivity index (χ1v) is 5.53. The highest BCUT2D eigenvalue weighted by Crippen LogP contribution is 2.23. The number of carbonyl (C=O) groups is 1. The van der Waals surface area contributed by atoms with Gasteiger partial charge in [-0.15, -0.1) is 0 Å². The van der Waals surface area contributed by atoms with Gasteiger partial charge in [0, 0.05) is 10.9 Å². The van der Waals surface area contributed by atoms with Gasteiger partial charge in [0.25, 0.3) is 0 Å². The molecule has 0 saturated carbocycles. The quantitative estimate of drug-likeness (QED) is 0.896. The number of amides is 1. The first kappa shape index (κ1) is 12.2. The van der Waals surface area contributed by atoms with E-state index < -0.39 is 0 Å². The van der Waals surface area contributed by atoms with Crippen molar-refractivity contribution < 1.29 is 9.18 Å². The van der Waals surface area contributed by atoms with Crippen LogP contribution in [0.15, 0.2) is 22.7 Å². The molecule has 0 radical (unpaired) electrons. The molecule has 0 atom stereocenters. The monoisotopic (exact) mass is 273 g/mol. The third-order valence-electron chi connectivity index (χ3n) is 1.80. The van der Waals surface area contributed by atoms with E-state index in [0.29, 0.717) is 16.6 Å². The molecule has 1 amide bonds. The van der Waals surface area contributed by atoms with E-state index in [2.05, 4.69) is 21.2 Å². The van der Waals surface area contributed by atoms with E-state index >= 15 is 0 Å². The zero-order chi connectivity index (χ0) is 11.4. The van der Waals surface area contributed by atoms with E-state index in [9.17, 15) is 9.18 Å². The van der Waals surface area contributed by atoms with Gasteiger partial charge in [-0.1, -0.05) is 13.8 Å². The Balaban J connectivity index is 2.71. The fourth-order valence-corrected chi connectivity index (χ4v) is 1.51. The van der Waals surface area contributed by atoms with Crippen molar-refractivity contribution in [1.82, 2.24) is 0 Å². The molecule has 0 unspecified atom stereocenters. The summed E-state index contributed by atoms with van der Waals surface area (Å²) in [5, 5.41) is 2.66. The molecule has 0 aromatic heterocycles. The Labute approximate surface area is 97.0 Å². The molecule has 1 aromatic carbocycles. The highest BCUT2D eigenvalue weighted by atomic mass is 79.9. The summed E-state index contributed by atoms with van der Waals surface area (Å²) in [4.78, 5) is 11.4. The van der Waals surface area contributed by atoms with Gasteiger partial charge in [0.1, 0.15) is 5.82 Å². The highest BCUT2D eigenvalue weighted by Gasteiger charge is 2.08. The normalized spacial score (nSPS) is 10.5. The molecule has 82 valence electrons. The van der Waals surface area contributed by atoms with Gasteiger partial charge >= 0.3 is 0 Å². The summed E-state index contributed by atoms with van der Waals surface area (Å²) in [6, 6.07) is 4.20. The predicted octanol–water partition coefficient (Wildman–Crippen LogP) is 3.57. The Morgan fingerprint density at radius 1 is 1.53 bits per heavy atom. The first-order chi connectivity index (χ1) is 6.99. The first-order valence-electron chi connectivity index (χ1n) is 4.74. The summed E-state index contributed by atoms with van der Waals surface area (Å²) < 4.78 is 13.6. The number of hydrogen-bond acceptors (Lipinski definition) is 1. The molecule has 2 nitrogen and oxygen atoms in total. The summed E-state index contributed by atoms with van der Waals surface area (Å²) in [6.45, 7) is 3.92. The summed E-state index contributed by atoms with van der Waals surface area (Å²) in [7, 11) is 0. The van der Waals surface area contributed by atoms with Crippen molar-refractivity contribution in [3.05, 3.63) is 28.5 Å². The van der Waals surface area contributed by atoms with E-state index in [1.54, 1.807) is 6.07 Å². The summed E-state index contributed by atoms with van der Waals surface area (Å²) >= 11 is 3.24. The third kappa shape index (κ3) is 4.00. The van der Waals surface area contributed by atoms with Crippen LogP contribution in [-0.2, 0) is 4.79 Å². The van der Waals surface area contributed by atoms with E-state index in [1.165, 1.54) is 12.1 Å². The van der Waals surface area contributed by atoms with Crippen LogP contribution in [0, 0.1) is 11.7 Å². The van der Waals surface area contributed by atoms with Crippen LogP contribution < -0.4 is 5.32 Å². The minimum Gasteiger partial charge on any atom is -0.325 e. The standard InChI is InChI=1S/C11H13BrFNO/c1-7(2)5-11(15)14-10-6-8(13)3-4-9(10)12/h3-4,6-7H,5H2,1-2H3,(H,14,15). The Bertz CT molecular complexity index is 366. The lowest BCUT2D eigenvalue weighted by molar-refractivity contribution is -0.116. The molecule has 1 rings (SSSR count). The molecule has 0 aliphatic rings. The molecule has 1 aromatic rings. The number of anilines is 1. The minimum atomic E-state index is -0.363. The average Bonchev–Trinajstić information content (AvgIpc) is 2.10. The number of halogens is 2. The molecule has 0 heterocycles. The maximum atomic E-state index is 12.9. The predicted molar refractivity (Wildman–Crippen MR) is 62.2 cm³/mol. The largest absolute Gasteiger partial charge is 0.325 e. The van der Waals surface area contributed by atoms with Gasteiger partial charge in [-0.2, -0.15) is 0 Å². The molecule has 0 bridgehead atoms. The summed E-state index contributed by atoms with van der Waals surface area (Å²) in [6.07, 6.45) is 0.433. The number of carbonyl (C=O) groups excluding carboxylic acids is 1. The van der Waals surface area contributed by atoms with E-state index in [1.807, 2.05) is 13.8 Å². The van der Waals surface area contributed by atoms with Crippen LogP contribution >= 0.6 is 15.9 Å². The number of benzene rings is 1. The highest BCUT2D eigenvalue weighted by molar-refractivity contribution is 9.10. The van der Waals surface area contributed by atoms with Crippen LogP contribution in [-0.4, -0.2) is 5.91 Å². The lowest BCUT2D eigenvalue weighted by atomic mass is 10.1. The van der Waals surface area contributed by atoms with Crippen LogP contribution in [0.1, 0.15) is 20.3 Å². The molecule has 4 heteroatoms. The van der Waals surface area contributed by atoms with Crippen LogP contribution in [0.2, 0.25) is 0 Å². The lowest BCUT2D eigenvalue weighted by Gasteiger charge is -2.08. The Morgan fingerprint density at radius 3 is 2.80 bits per heavy atom. The Morgan fingerprint density at radius 2 is 2.20 bits per heavy atom. The van der Waals surface area contributed by atoms with Crippen molar-refractivity contribution in [2.75, 3.05) is 5.32 Å². The lowest BCUT2D eigenvalue weighted by Crippen LogP contribution is -2.14. The van der Waals surface area contributed by atoms with Crippen LogP contribution in [0.5, 0.6) is 0 Å². The maximum Gasteiger partial charge on any atom is 0.224 e. The average molecular weight is 274 g/mol. The molecular formula is C11H13BrFNO. The van der Waals surface area contributed by atoms with Crippen LogP contribution in [0.25, 0.3) is 0 Å². The van der Waals surface area contributed by atoms with Gasteiger partial charge < -0.3 is 5.32 Å². The Hall–Kier alpha value is -0.900. The van der Waals surface area contributed by atoms with Gasteiger partial charge in [-0.05, 0) is 40.0 Å². The summed E-state index contributed by atoms with van der Waals surface area (Å²) in [5.74, 6) is -0.174. The van der Waals surface area contributed by atoms with Crippen molar-refractivity contribution >= 4 is 27.5 Å². The van der Waals surface area contributed by atoms with Gasteiger partial charge in [-0.3, -0.25) is 4.79 Å². The zero-order valence-corrected chi connectivity index (χ0v) is 10.3. The van der Waals surface area contributed by atoms with Crippen molar-refractivity contribution in [2.45, 2.75) is 20.3 Å². The number of hydrogen-bond donors (Lipinski definition) is 1. The molecular weight excluding hydrogens is 261 g/mol. The molecule has 0 spiro atoms. The molecule has 1 N–H and O–H groups in total. The third-order valence-corrected chi connectivity index (χ3v) is 2.49. The van der Waals surface area contributed by atoms with Gasteiger partial charge in [0.2, 0.25) is 5.91 Å². The topological polar surface area (TPSA) is 29.1 Å². The van der Waals surface area contributed by atoms with Crippen LogP contribution in [0.4, 0.5) is 10.1 Å². The molecule has 0 aliphatic heterocycles.